The molecule has 2 heterocycles. The number of nitrogens with zero attached hydrogens (tertiary/aromatic N) is 2. The lowest BCUT2D eigenvalue weighted by molar-refractivity contribution is 0.0489. The fourth-order valence-corrected chi connectivity index (χ4v) is 2.85. The fourth-order valence-electron chi connectivity index (χ4n) is 2.85. The second-order valence-electron chi connectivity index (χ2n) is 5.11. The molecule has 4 rings (SSSR count). The topological polar surface area (TPSA) is 70.9 Å². The van der Waals surface area contributed by atoms with Crippen molar-refractivity contribution in [1.82, 2.24) is 14.5 Å². The highest BCUT2D eigenvalue weighted by molar-refractivity contribution is 6.01. The van der Waals surface area contributed by atoms with Crippen molar-refractivity contribution in [3.63, 3.8) is 0 Å². The van der Waals surface area contributed by atoms with Gasteiger partial charge in [-0.25, -0.2) is 4.79 Å². The number of aromatic amines is 1. The van der Waals surface area contributed by atoms with E-state index in [1.807, 2.05) is 24.3 Å². The highest BCUT2D eigenvalue weighted by Crippen LogP contribution is 2.33. The Morgan fingerprint density at radius 1 is 1.32 bits per heavy atom. The van der Waals surface area contributed by atoms with E-state index in [1.165, 1.54) is 0 Å². The van der Waals surface area contributed by atoms with Crippen LogP contribution in [0.3, 0.4) is 0 Å². The summed E-state index contributed by atoms with van der Waals surface area (Å²) in [7, 11) is 0. The molecule has 0 atom stereocenters. The van der Waals surface area contributed by atoms with Crippen molar-refractivity contribution in [2.45, 2.75) is 25.0 Å². The predicted molar refractivity (Wildman–Crippen MR) is 72.1 cm³/mol. The summed E-state index contributed by atoms with van der Waals surface area (Å²) in [5.74, 6) is 0. The Morgan fingerprint density at radius 2 is 2.11 bits per heavy atom. The number of imidazole rings is 1. The van der Waals surface area contributed by atoms with Crippen molar-refractivity contribution < 1.29 is 5.11 Å². The number of hydrogen-bond donors (Lipinski definition) is 2. The molecule has 2 N–H and O–H groups in total. The van der Waals surface area contributed by atoms with Crippen LogP contribution in [-0.2, 0) is 0 Å². The fraction of sp³-hybridized carbons (Fsp3) is 0.286. The number of hydrogen-bond acceptors (Lipinski definition) is 3. The number of aliphatic hydroxyl groups excluding tert-OH is 1. The van der Waals surface area contributed by atoms with E-state index >= 15 is 0 Å². The van der Waals surface area contributed by atoms with Crippen LogP contribution in [0.1, 0.15) is 18.9 Å². The molecule has 0 saturated heterocycles. The Kier molecular flexibility index (Phi) is 2.08. The van der Waals surface area contributed by atoms with Gasteiger partial charge in [0, 0.05) is 11.4 Å². The molecule has 2 aromatic heterocycles. The summed E-state index contributed by atoms with van der Waals surface area (Å²) in [6.45, 7) is 0. The Bertz CT molecular complexity index is 827. The molecule has 19 heavy (non-hydrogen) atoms. The molecule has 0 unspecified atom stereocenters. The van der Waals surface area contributed by atoms with Crippen LogP contribution in [-0.4, -0.2) is 25.7 Å². The molecule has 5 heteroatoms. The number of pyridine rings is 1. The maximum atomic E-state index is 12.1. The third kappa shape index (κ3) is 1.45. The molecule has 1 fully saturated rings. The third-order valence-corrected chi connectivity index (χ3v) is 3.92. The van der Waals surface area contributed by atoms with Crippen molar-refractivity contribution >= 4 is 21.9 Å². The number of nitrogens with one attached hydrogen (secondary N) is 1. The summed E-state index contributed by atoms with van der Waals surface area (Å²) in [4.78, 5) is 19.4. The SMILES string of the molecule is O=c1[nH]c2c3ccccc3ncc2n1C1CC(O)C1. The van der Waals surface area contributed by atoms with E-state index in [2.05, 4.69) is 9.97 Å². The predicted octanol–water partition coefficient (Wildman–Crippen LogP) is 1.57. The minimum absolute atomic E-state index is 0.0826. The van der Waals surface area contributed by atoms with Crippen LogP contribution in [0.2, 0.25) is 0 Å². The van der Waals surface area contributed by atoms with Crippen LogP contribution in [0.5, 0.6) is 0 Å². The first-order valence-electron chi connectivity index (χ1n) is 6.40. The van der Waals surface area contributed by atoms with Crippen LogP contribution >= 0.6 is 0 Å². The lowest BCUT2D eigenvalue weighted by Crippen LogP contribution is -2.35. The molecule has 1 saturated carbocycles. The summed E-state index contributed by atoms with van der Waals surface area (Å²) < 4.78 is 1.72. The molecule has 0 aliphatic heterocycles. The first-order valence-corrected chi connectivity index (χ1v) is 6.40. The van der Waals surface area contributed by atoms with Gasteiger partial charge < -0.3 is 10.1 Å². The van der Waals surface area contributed by atoms with E-state index in [0.29, 0.717) is 12.8 Å². The van der Waals surface area contributed by atoms with Crippen molar-refractivity contribution in [2.75, 3.05) is 0 Å². The van der Waals surface area contributed by atoms with Crippen LogP contribution in [0.15, 0.2) is 35.3 Å². The second-order valence-corrected chi connectivity index (χ2v) is 5.11. The minimum Gasteiger partial charge on any atom is -0.393 e. The molecule has 5 nitrogen and oxygen atoms in total. The van der Waals surface area contributed by atoms with Crippen LogP contribution in [0.4, 0.5) is 0 Å². The number of aromatic nitrogens is 3. The molecule has 1 aromatic carbocycles. The quantitative estimate of drug-likeness (QED) is 0.693. The lowest BCUT2D eigenvalue weighted by Gasteiger charge is -2.32. The Balaban J connectivity index is 2.03. The zero-order valence-corrected chi connectivity index (χ0v) is 10.2. The molecular weight excluding hydrogens is 242 g/mol. The molecule has 0 radical (unpaired) electrons. The highest BCUT2D eigenvalue weighted by atomic mass is 16.3. The summed E-state index contributed by atoms with van der Waals surface area (Å²) >= 11 is 0. The molecule has 1 aliphatic carbocycles. The van der Waals surface area contributed by atoms with Gasteiger partial charge in [-0.05, 0) is 18.9 Å². The first-order chi connectivity index (χ1) is 9.24. The summed E-state index contributed by atoms with van der Waals surface area (Å²) in [5.41, 5.74) is 2.40. The number of H-pyrrole nitrogens is 1. The largest absolute Gasteiger partial charge is 0.393 e. The minimum atomic E-state index is -0.282. The Labute approximate surface area is 108 Å². The second kappa shape index (κ2) is 3.68. The van der Waals surface area contributed by atoms with E-state index < -0.39 is 0 Å². The number of rotatable bonds is 1. The average Bonchev–Trinajstić information content (AvgIpc) is 2.71. The molecular formula is C14H13N3O2. The van der Waals surface area contributed by atoms with Gasteiger partial charge in [-0.3, -0.25) is 9.55 Å². The lowest BCUT2D eigenvalue weighted by atomic mass is 9.89. The first kappa shape index (κ1) is 10.8. The normalized spacial score (nSPS) is 22.8. The van der Waals surface area contributed by atoms with Gasteiger partial charge >= 0.3 is 5.69 Å². The molecule has 0 amide bonds. The monoisotopic (exact) mass is 255 g/mol. The number of para-hydroxylation sites is 1. The van der Waals surface area contributed by atoms with Crippen molar-refractivity contribution in [1.29, 1.82) is 0 Å². The van der Waals surface area contributed by atoms with Gasteiger partial charge in [0.05, 0.1) is 28.9 Å². The van der Waals surface area contributed by atoms with Crippen molar-refractivity contribution in [3.05, 3.63) is 40.9 Å². The molecule has 96 valence electrons. The van der Waals surface area contributed by atoms with E-state index in [1.54, 1.807) is 10.8 Å². The summed E-state index contributed by atoms with van der Waals surface area (Å²) in [5, 5.41) is 10.4. The number of fused-ring (bicyclic) bond motifs is 3. The van der Waals surface area contributed by atoms with E-state index in [0.717, 1.165) is 21.9 Å². The standard InChI is InChI=1S/C14H13N3O2/c18-9-5-8(6-9)17-12-7-15-11-4-2-1-3-10(11)13(12)16-14(17)19/h1-4,7-9,18H,5-6H2,(H,16,19). The number of aliphatic hydroxyl groups is 1. The molecule has 0 spiro atoms. The van der Waals surface area contributed by atoms with Gasteiger partial charge in [-0.1, -0.05) is 18.2 Å². The van der Waals surface area contributed by atoms with Gasteiger partial charge in [-0.15, -0.1) is 0 Å². The third-order valence-electron chi connectivity index (χ3n) is 3.92. The van der Waals surface area contributed by atoms with E-state index in [-0.39, 0.29) is 17.8 Å². The molecule has 3 aromatic rings. The van der Waals surface area contributed by atoms with Gasteiger partial charge in [-0.2, -0.15) is 0 Å². The Morgan fingerprint density at radius 3 is 2.89 bits per heavy atom. The van der Waals surface area contributed by atoms with E-state index in [9.17, 15) is 9.90 Å². The van der Waals surface area contributed by atoms with Gasteiger partial charge in [0.15, 0.2) is 0 Å². The van der Waals surface area contributed by atoms with Crippen LogP contribution in [0.25, 0.3) is 21.9 Å². The summed E-state index contributed by atoms with van der Waals surface area (Å²) in [6, 6.07) is 7.84. The maximum absolute atomic E-state index is 12.1. The maximum Gasteiger partial charge on any atom is 0.326 e. The molecule has 0 bridgehead atoms. The van der Waals surface area contributed by atoms with E-state index in [4.69, 9.17) is 0 Å². The van der Waals surface area contributed by atoms with Gasteiger partial charge in [0.1, 0.15) is 0 Å². The molecule has 1 aliphatic rings. The summed E-state index contributed by atoms with van der Waals surface area (Å²) in [6.07, 6.45) is 2.73. The Hall–Kier alpha value is -2.14. The zero-order valence-electron chi connectivity index (χ0n) is 10.2. The smallest absolute Gasteiger partial charge is 0.326 e. The van der Waals surface area contributed by atoms with Crippen molar-refractivity contribution in [2.24, 2.45) is 0 Å². The van der Waals surface area contributed by atoms with Gasteiger partial charge in [0.25, 0.3) is 0 Å². The van der Waals surface area contributed by atoms with Crippen molar-refractivity contribution in [3.8, 4) is 0 Å². The van der Waals surface area contributed by atoms with Crippen LogP contribution < -0.4 is 5.69 Å². The van der Waals surface area contributed by atoms with Gasteiger partial charge in [0.2, 0.25) is 0 Å². The number of benzene rings is 1. The average molecular weight is 255 g/mol. The van der Waals surface area contributed by atoms with Crippen LogP contribution in [0, 0.1) is 0 Å². The zero-order chi connectivity index (χ0) is 13.0. The highest BCUT2D eigenvalue weighted by Gasteiger charge is 2.31.